The quantitative estimate of drug-likeness (QED) is 0.718. The van der Waals surface area contributed by atoms with Crippen molar-refractivity contribution in [3.05, 3.63) is 71.7 Å². The first-order chi connectivity index (χ1) is 13.9. The standard InChI is InChI=1S/C23H27N5O/c1-23(2,3)19-6-4-16(5-7-19)21-15-28(11-10-25-21)22(29)18-12-17(13-24-14-18)20-8-9-26-27-20/h4-9,12-14,21,25H,10-11,15H2,1-3H3,(H,26,27). The fraction of sp³-hybridized carbons (Fsp3) is 0.348. The third-order valence-electron chi connectivity index (χ3n) is 5.44. The lowest BCUT2D eigenvalue weighted by molar-refractivity contribution is 0.0702. The second-order valence-corrected chi connectivity index (χ2v) is 8.56. The number of nitrogens with one attached hydrogen (secondary N) is 2. The number of carbonyl (C=O) groups is 1. The maximum absolute atomic E-state index is 13.1. The molecule has 4 rings (SSSR count). The van der Waals surface area contributed by atoms with Crippen LogP contribution in [-0.2, 0) is 5.41 Å². The Kier molecular flexibility index (Phi) is 5.20. The number of aromatic nitrogens is 3. The number of aromatic amines is 1. The van der Waals surface area contributed by atoms with Gasteiger partial charge in [0.25, 0.3) is 5.91 Å². The number of H-pyrrole nitrogens is 1. The van der Waals surface area contributed by atoms with E-state index in [9.17, 15) is 4.79 Å². The second-order valence-electron chi connectivity index (χ2n) is 8.56. The van der Waals surface area contributed by atoms with E-state index in [1.807, 2.05) is 17.0 Å². The van der Waals surface area contributed by atoms with Gasteiger partial charge in [0.1, 0.15) is 0 Å². The molecule has 0 spiro atoms. The van der Waals surface area contributed by atoms with Crippen LogP contribution in [0.3, 0.4) is 0 Å². The van der Waals surface area contributed by atoms with Gasteiger partial charge in [0.05, 0.1) is 11.3 Å². The van der Waals surface area contributed by atoms with Crippen LogP contribution in [0.1, 0.15) is 48.3 Å². The molecule has 1 fully saturated rings. The molecule has 0 saturated carbocycles. The Labute approximate surface area is 171 Å². The highest BCUT2D eigenvalue weighted by molar-refractivity contribution is 5.95. The number of hydrogen-bond donors (Lipinski definition) is 2. The fourth-order valence-corrected chi connectivity index (χ4v) is 3.68. The van der Waals surface area contributed by atoms with E-state index >= 15 is 0 Å². The molecule has 1 atom stereocenters. The molecular formula is C23H27N5O. The molecule has 1 saturated heterocycles. The smallest absolute Gasteiger partial charge is 0.255 e. The number of benzene rings is 1. The molecule has 6 heteroatoms. The molecule has 0 bridgehead atoms. The minimum Gasteiger partial charge on any atom is -0.335 e. The van der Waals surface area contributed by atoms with E-state index in [-0.39, 0.29) is 17.4 Å². The molecule has 6 nitrogen and oxygen atoms in total. The SMILES string of the molecule is CC(C)(C)c1ccc(C2CN(C(=O)c3cncc(-c4ccn[nH]4)c3)CCN2)cc1. The van der Waals surface area contributed by atoms with Gasteiger partial charge in [-0.3, -0.25) is 14.9 Å². The van der Waals surface area contributed by atoms with Gasteiger partial charge in [-0.15, -0.1) is 0 Å². The van der Waals surface area contributed by atoms with E-state index in [2.05, 4.69) is 65.5 Å². The fourth-order valence-electron chi connectivity index (χ4n) is 3.68. The monoisotopic (exact) mass is 389 g/mol. The summed E-state index contributed by atoms with van der Waals surface area (Å²) in [6, 6.07) is 12.6. The molecule has 1 aliphatic rings. The zero-order valence-corrected chi connectivity index (χ0v) is 17.1. The van der Waals surface area contributed by atoms with Gasteiger partial charge in [-0.25, -0.2) is 0 Å². The van der Waals surface area contributed by atoms with Crippen molar-refractivity contribution in [2.24, 2.45) is 0 Å². The van der Waals surface area contributed by atoms with Crippen molar-refractivity contribution in [3.8, 4) is 11.3 Å². The highest BCUT2D eigenvalue weighted by atomic mass is 16.2. The summed E-state index contributed by atoms with van der Waals surface area (Å²) in [5.74, 6) is 0.0108. The Balaban J connectivity index is 1.50. The second kappa shape index (κ2) is 7.79. The van der Waals surface area contributed by atoms with E-state index in [0.717, 1.165) is 17.8 Å². The minimum atomic E-state index is 0.0108. The van der Waals surface area contributed by atoms with Crippen molar-refractivity contribution in [2.45, 2.75) is 32.2 Å². The summed E-state index contributed by atoms with van der Waals surface area (Å²) in [5.41, 5.74) is 4.96. The number of hydrogen-bond acceptors (Lipinski definition) is 4. The predicted octanol–water partition coefficient (Wildman–Crippen LogP) is 3.56. The van der Waals surface area contributed by atoms with Gasteiger partial charge in [-0.1, -0.05) is 45.0 Å². The zero-order valence-electron chi connectivity index (χ0n) is 17.1. The Bertz CT molecular complexity index is 973. The average Bonchev–Trinajstić information content (AvgIpc) is 3.28. The summed E-state index contributed by atoms with van der Waals surface area (Å²) >= 11 is 0. The van der Waals surface area contributed by atoms with Crippen molar-refractivity contribution in [1.82, 2.24) is 25.4 Å². The Morgan fingerprint density at radius 3 is 2.62 bits per heavy atom. The molecule has 3 heterocycles. The molecule has 3 aromatic rings. The maximum atomic E-state index is 13.1. The molecule has 1 amide bonds. The molecule has 29 heavy (non-hydrogen) atoms. The lowest BCUT2D eigenvalue weighted by Gasteiger charge is -2.34. The van der Waals surface area contributed by atoms with E-state index in [1.165, 1.54) is 11.1 Å². The highest BCUT2D eigenvalue weighted by Crippen LogP contribution is 2.25. The predicted molar refractivity (Wildman–Crippen MR) is 114 cm³/mol. The van der Waals surface area contributed by atoms with Crippen LogP contribution in [0.25, 0.3) is 11.3 Å². The number of amides is 1. The van der Waals surface area contributed by atoms with Gasteiger partial charge >= 0.3 is 0 Å². The third kappa shape index (κ3) is 4.22. The van der Waals surface area contributed by atoms with Crippen LogP contribution < -0.4 is 5.32 Å². The van der Waals surface area contributed by atoms with Crippen molar-refractivity contribution < 1.29 is 4.79 Å². The van der Waals surface area contributed by atoms with Crippen LogP contribution in [0.4, 0.5) is 0 Å². The topological polar surface area (TPSA) is 73.9 Å². The average molecular weight is 390 g/mol. The van der Waals surface area contributed by atoms with Gasteiger partial charge in [0.2, 0.25) is 0 Å². The highest BCUT2D eigenvalue weighted by Gasteiger charge is 2.26. The maximum Gasteiger partial charge on any atom is 0.255 e. The number of nitrogens with zero attached hydrogens (tertiary/aromatic N) is 3. The summed E-state index contributed by atoms with van der Waals surface area (Å²) in [6.07, 6.45) is 5.06. The van der Waals surface area contributed by atoms with Gasteiger partial charge in [0, 0.05) is 49.8 Å². The zero-order chi connectivity index (χ0) is 20.4. The lowest BCUT2D eigenvalue weighted by atomic mass is 9.86. The molecule has 0 radical (unpaired) electrons. The summed E-state index contributed by atoms with van der Waals surface area (Å²) in [5, 5.41) is 10.4. The summed E-state index contributed by atoms with van der Waals surface area (Å²) in [7, 11) is 0. The largest absolute Gasteiger partial charge is 0.335 e. The van der Waals surface area contributed by atoms with Crippen LogP contribution in [0.15, 0.2) is 55.0 Å². The number of piperazine rings is 1. The molecule has 2 N–H and O–H groups in total. The van der Waals surface area contributed by atoms with Gasteiger partial charge < -0.3 is 10.2 Å². The first-order valence-electron chi connectivity index (χ1n) is 10.00. The van der Waals surface area contributed by atoms with Crippen molar-refractivity contribution in [2.75, 3.05) is 19.6 Å². The molecular weight excluding hydrogens is 362 g/mol. The van der Waals surface area contributed by atoms with Crippen LogP contribution in [0.2, 0.25) is 0 Å². The molecule has 1 aliphatic heterocycles. The van der Waals surface area contributed by atoms with Gasteiger partial charge in [-0.05, 0) is 28.7 Å². The van der Waals surface area contributed by atoms with Crippen LogP contribution in [0, 0.1) is 0 Å². The molecule has 1 unspecified atom stereocenters. The van der Waals surface area contributed by atoms with Crippen LogP contribution in [0.5, 0.6) is 0 Å². The number of carbonyl (C=O) groups excluding carboxylic acids is 1. The Morgan fingerprint density at radius 1 is 1.14 bits per heavy atom. The van der Waals surface area contributed by atoms with Crippen LogP contribution in [-0.4, -0.2) is 45.6 Å². The van der Waals surface area contributed by atoms with Crippen molar-refractivity contribution in [1.29, 1.82) is 0 Å². The first kappa shape index (κ1) is 19.3. The molecule has 150 valence electrons. The normalized spacial score (nSPS) is 17.3. The summed E-state index contributed by atoms with van der Waals surface area (Å²) < 4.78 is 0. The summed E-state index contributed by atoms with van der Waals surface area (Å²) in [6.45, 7) is 8.74. The van der Waals surface area contributed by atoms with E-state index in [1.54, 1.807) is 18.6 Å². The molecule has 0 aliphatic carbocycles. The third-order valence-corrected chi connectivity index (χ3v) is 5.44. The molecule has 2 aromatic heterocycles. The number of rotatable bonds is 3. The van der Waals surface area contributed by atoms with E-state index in [4.69, 9.17) is 0 Å². The van der Waals surface area contributed by atoms with Crippen molar-refractivity contribution >= 4 is 5.91 Å². The Morgan fingerprint density at radius 2 is 1.93 bits per heavy atom. The van der Waals surface area contributed by atoms with E-state index < -0.39 is 0 Å². The summed E-state index contributed by atoms with van der Waals surface area (Å²) in [4.78, 5) is 19.3. The first-order valence-corrected chi connectivity index (χ1v) is 10.00. The minimum absolute atomic E-state index is 0.0108. The van der Waals surface area contributed by atoms with Gasteiger partial charge in [-0.2, -0.15) is 5.10 Å². The molecule has 1 aromatic carbocycles. The number of pyridine rings is 1. The van der Waals surface area contributed by atoms with Gasteiger partial charge in [0.15, 0.2) is 0 Å². The lowest BCUT2D eigenvalue weighted by Crippen LogP contribution is -2.48. The van der Waals surface area contributed by atoms with Crippen molar-refractivity contribution in [3.63, 3.8) is 0 Å². The Hall–Kier alpha value is -2.99. The van der Waals surface area contributed by atoms with E-state index in [0.29, 0.717) is 18.7 Å². The van der Waals surface area contributed by atoms with Crippen LogP contribution >= 0.6 is 0 Å².